The van der Waals surface area contributed by atoms with Crippen LogP contribution in [0.5, 0.6) is 0 Å². The van der Waals surface area contributed by atoms with Gasteiger partial charge < -0.3 is 10.2 Å². The summed E-state index contributed by atoms with van der Waals surface area (Å²) in [5.74, 6) is -3.02. The maximum atomic E-state index is 12.6. The van der Waals surface area contributed by atoms with Crippen LogP contribution in [0, 0.1) is 11.8 Å². The molecule has 4 heterocycles. The van der Waals surface area contributed by atoms with Crippen molar-refractivity contribution in [3.63, 3.8) is 0 Å². The minimum Gasteiger partial charge on any atom is -0.481 e. The van der Waals surface area contributed by atoms with Gasteiger partial charge in [0.05, 0.1) is 29.9 Å². The summed E-state index contributed by atoms with van der Waals surface area (Å²) in [6.45, 7) is 2.05. The quantitative estimate of drug-likeness (QED) is 0.0485. The van der Waals surface area contributed by atoms with Gasteiger partial charge in [-0.1, -0.05) is 97.3 Å². The predicted octanol–water partition coefficient (Wildman–Crippen LogP) is 6.61. The summed E-state index contributed by atoms with van der Waals surface area (Å²) in [5.41, 5.74) is 8.01. The number of nitrogens with zero attached hydrogens (tertiary/aromatic N) is 9. The number of carboxylic acid groups (broad SMARTS) is 2. The number of benzene rings is 3. The lowest BCUT2D eigenvalue weighted by atomic mass is 9.82. The average molecular weight is 783 g/mol. The highest BCUT2D eigenvalue weighted by molar-refractivity contribution is 5.72. The van der Waals surface area contributed by atoms with E-state index >= 15 is 0 Å². The minimum atomic E-state index is -0.871. The fourth-order valence-electron chi connectivity index (χ4n) is 7.60. The molecule has 0 bridgehead atoms. The number of nitrogens with one attached hydrogen (secondary N) is 3. The Morgan fingerprint density at radius 1 is 0.655 bits per heavy atom. The van der Waals surface area contributed by atoms with Crippen molar-refractivity contribution in [3.05, 3.63) is 126 Å². The summed E-state index contributed by atoms with van der Waals surface area (Å²) in [6, 6.07) is 24.3. The number of carboxylic acids is 2. The number of aromatic amines is 3. The second-order valence-electron chi connectivity index (χ2n) is 14.7. The summed E-state index contributed by atoms with van der Waals surface area (Å²) in [4.78, 5) is 24.8. The van der Waals surface area contributed by atoms with Gasteiger partial charge in [0.15, 0.2) is 11.6 Å². The molecular formula is C42H46N12O4. The van der Waals surface area contributed by atoms with Crippen molar-refractivity contribution >= 4 is 11.9 Å². The Morgan fingerprint density at radius 2 is 1.21 bits per heavy atom. The van der Waals surface area contributed by atoms with Gasteiger partial charge in [-0.05, 0) is 78.5 Å². The van der Waals surface area contributed by atoms with E-state index in [1.807, 2.05) is 90.9 Å². The first-order valence-electron chi connectivity index (χ1n) is 19.6. The summed E-state index contributed by atoms with van der Waals surface area (Å²) >= 11 is 0. The molecule has 16 heteroatoms. The van der Waals surface area contributed by atoms with Crippen LogP contribution in [0.3, 0.4) is 0 Å². The van der Waals surface area contributed by atoms with Crippen molar-refractivity contribution in [2.24, 2.45) is 11.8 Å². The van der Waals surface area contributed by atoms with Crippen molar-refractivity contribution in [2.45, 2.75) is 76.5 Å². The lowest BCUT2D eigenvalue weighted by Gasteiger charge is -2.21. The molecule has 4 atom stereocenters. The third-order valence-electron chi connectivity index (χ3n) is 10.9. The zero-order chi connectivity index (χ0) is 40.3. The van der Waals surface area contributed by atoms with Gasteiger partial charge >= 0.3 is 11.9 Å². The highest BCUT2D eigenvalue weighted by Gasteiger charge is 2.33. The van der Waals surface area contributed by atoms with Crippen LogP contribution < -0.4 is 0 Å². The predicted molar refractivity (Wildman–Crippen MR) is 214 cm³/mol. The standard InChI is InChI=1S/C42H46N12O4/c1-2-3-7-35(41(55)56)37(39-46-50-51-47-39)21-29-11-17-31(18-12-29)33-25-45-54(26-33)34-19-13-27(14-20-34)6-4-5-8-36(42(57)58)38(40-48-52-53-49-40)22-28-9-15-30(16-10-28)32-23-43-44-24-32/h9-20,23-26,35-38H,2-8,21-22H2,1H3,(H,43,44)(H,55,56)(H,57,58)(H,46,47,50,51)(H,48,49,52,53)/t35-,36-,37-,38-/m1/s1. The normalized spacial score (nSPS) is 13.5. The average Bonchev–Trinajstić information content (AvgIpc) is 4.10. The molecule has 0 spiro atoms. The summed E-state index contributed by atoms with van der Waals surface area (Å²) in [6.07, 6.45) is 13.5. The van der Waals surface area contributed by atoms with E-state index in [1.54, 1.807) is 6.20 Å². The Bertz CT molecular complexity index is 2310. The van der Waals surface area contributed by atoms with Crippen LogP contribution in [0.15, 0.2) is 97.6 Å². The molecule has 58 heavy (non-hydrogen) atoms. The summed E-state index contributed by atoms with van der Waals surface area (Å²) in [7, 11) is 0. The number of H-pyrrole nitrogens is 3. The molecule has 0 saturated heterocycles. The van der Waals surface area contributed by atoms with Crippen LogP contribution in [0.25, 0.3) is 27.9 Å². The van der Waals surface area contributed by atoms with Crippen LogP contribution in [-0.4, -0.2) is 83.4 Å². The fraction of sp³-hybridized carbons (Fsp3) is 0.333. The molecule has 0 radical (unpaired) electrons. The number of aliphatic carboxylic acids is 2. The maximum Gasteiger partial charge on any atom is 0.307 e. The molecule has 0 aliphatic heterocycles. The Balaban J connectivity index is 0.934. The van der Waals surface area contributed by atoms with Crippen LogP contribution in [0.2, 0.25) is 0 Å². The lowest BCUT2D eigenvalue weighted by Crippen LogP contribution is -2.25. The number of tetrazole rings is 2. The first-order chi connectivity index (χ1) is 28.4. The van der Waals surface area contributed by atoms with Gasteiger partial charge in [-0.2, -0.15) is 20.6 Å². The monoisotopic (exact) mass is 782 g/mol. The molecule has 4 aromatic heterocycles. The molecule has 0 aliphatic rings. The third-order valence-corrected chi connectivity index (χ3v) is 10.9. The number of unbranched alkanes of at least 4 members (excludes halogenated alkanes) is 2. The van der Waals surface area contributed by atoms with E-state index in [-0.39, 0.29) is 0 Å². The van der Waals surface area contributed by atoms with Gasteiger partial charge in [-0.15, -0.1) is 20.4 Å². The lowest BCUT2D eigenvalue weighted by molar-refractivity contribution is -0.144. The van der Waals surface area contributed by atoms with Crippen LogP contribution >= 0.6 is 0 Å². The number of aryl methyl sites for hydroxylation is 1. The molecule has 7 rings (SSSR count). The number of hydrogen-bond acceptors (Lipinski definition) is 10. The Kier molecular flexibility index (Phi) is 12.8. The van der Waals surface area contributed by atoms with E-state index in [2.05, 4.69) is 68.7 Å². The SMILES string of the molecule is CCCC[C@@H](C(=O)O)[C@@H](Cc1ccc(-c2cnn(-c3ccc(CCCC[C@@H](C(=O)O)[C@@H](Cc4ccc(-c5cn[nH]c5)cc4)c4nn[nH]n4)cc3)c2)cc1)c1nn[nH]n1. The van der Waals surface area contributed by atoms with Gasteiger partial charge in [-0.25, -0.2) is 4.68 Å². The van der Waals surface area contributed by atoms with Gasteiger partial charge in [0.2, 0.25) is 0 Å². The Labute approximate surface area is 334 Å². The molecule has 7 aromatic rings. The van der Waals surface area contributed by atoms with E-state index in [9.17, 15) is 19.8 Å². The van der Waals surface area contributed by atoms with Crippen molar-refractivity contribution in [1.82, 2.24) is 61.2 Å². The zero-order valence-corrected chi connectivity index (χ0v) is 32.1. The van der Waals surface area contributed by atoms with E-state index in [4.69, 9.17) is 0 Å². The number of aromatic nitrogens is 12. The molecule has 5 N–H and O–H groups in total. The summed E-state index contributed by atoms with van der Waals surface area (Å²) in [5, 5.41) is 60.8. The van der Waals surface area contributed by atoms with E-state index in [1.165, 1.54) is 0 Å². The molecule has 0 amide bonds. The fourth-order valence-corrected chi connectivity index (χ4v) is 7.60. The van der Waals surface area contributed by atoms with Crippen molar-refractivity contribution in [2.75, 3.05) is 0 Å². The van der Waals surface area contributed by atoms with Gasteiger partial charge in [-0.3, -0.25) is 14.7 Å². The molecule has 16 nitrogen and oxygen atoms in total. The second-order valence-corrected chi connectivity index (χ2v) is 14.7. The van der Waals surface area contributed by atoms with Crippen LogP contribution in [0.1, 0.15) is 85.6 Å². The van der Waals surface area contributed by atoms with E-state index in [0.717, 1.165) is 76.7 Å². The maximum absolute atomic E-state index is 12.6. The molecule has 0 unspecified atom stereocenters. The molecular weight excluding hydrogens is 737 g/mol. The van der Waals surface area contributed by atoms with Crippen LogP contribution in [0.4, 0.5) is 0 Å². The van der Waals surface area contributed by atoms with Crippen molar-refractivity contribution in [1.29, 1.82) is 0 Å². The first-order valence-corrected chi connectivity index (χ1v) is 19.6. The largest absolute Gasteiger partial charge is 0.481 e. The molecule has 298 valence electrons. The van der Waals surface area contributed by atoms with Crippen LogP contribution in [-0.2, 0) is 28.9 Å². The van der Waals surface area contributed by atoms with Gasteiger partial charge in [0.25, 0.3) is 0 Å². The highest BCUT2D eigenvalue weighted by Crippen LogP contribution is 2.33. The van der Waals surface area contributed by atoms with E-state index in [0.29, 0.717) is 37.3 Å². The molecule has 0 saturated carbocycles. The second kappa shape index (κ2) is 18.9. The number of hydrogen-bond donors (Lipinski definition) is 5. The van der Waals surface area contributed by atoms with E-state index < -0.39 is 35.6 Å². The summed E-state index contributed by atoms with van der Waals surface area (Å²) < 4.78 is 1.84. The Hall–Kier alpha value is -6.84. The third kappa shape index (κ3) is 9.75. The van der Waals surface area contributed by atoms with Gasteiger partial charge in [0.1, 0.15) is 0 Å². The van der Waals surface area contributed by atoms with Crippen molar-refractivity contribution in [3.8, 4) is 27.9 Å². The van der Waals surface area contributed by atoms with Crippen molar-refractivity contribution < 1.29 is 19.8 Å². The minimum absolute atomic E-state index is 0.398. The Morgan fingerprint density at radius 3 is 1.71 bits per heavy atom. The highest BCUT2D eigenvalue weighted by atomic mass is 16.4. The zero-order valence-electron chi connectivity index (χ0n) is 32.1. The smallest absolute Gasteiger partial charge is 0.307 e. The number of rotatable bonds is 21. The first kappa shape index (κ1) is 39.4. The molecule has 0 aliphatic carbocycles. The van der Waals surface area contributed by atoms with Gasteiger partial charge in [0, 0.05) is 35.4 Å². The number of carbonyl (C=O) groups is 2. The molecule has 0 fully saturated rings. The molecule has 3 aromatic carbocycles. The topological polar surface area (TPSA) is 230 Å².